The van der Waals surface area contributed by atoms with Crippen LogP contribution in [0.15, 0.2) is 11.6 Å². The van der Waals surface area contributed by atoms with E-state index in [1.165, 1.54) is 12.8 Å². The van der Waals surface area contributed by atoms with E-state index in [2.05, 4.69) is 6.92 Å². The van der Waals surface area contributed by atoms with Gasteiger partial charge in [0, 0.05) is 11.0 Å². The van der Waals surface area contributed by atoms with E-state index in [1.54, 1.807) is 6.92 Å². The van der Waals surface area contributed by atoms with Crippen LogP contribution in [0, 0.1) is 5.41 Å². The van der Waals surface area contributed by atoms with Crippen molar-refractivity contribution in [3.63, 3.8) is 0 Å². The Hall–Kier alpha value is -0.830. The molecule has 0 atom stereocenters. The normalized spacial score (nSPS) is 19.2. The standard InChI is InChI=1S/C13H22O3/c1-3-7-13(9-16-10-13)8-5-4-6-11(2)12(14)15/h6H,3-5,7-10H2,1-2H3,(H,14,15). The summed E-state index contributed by atoms with van der Waals surface area (Å²) in [6, 6.07) is 0. The maximum absolute atomic E-state index is 10.6. The maximum atomic E-state index is 10.6. The first-order valence-corrected chi connectivity index (χ1v) is 6.07. The molecule has 0 aromatic heterocycles. The zero-order valence-corrected chi connectivity index (χ0v) is 10.3. The molecule has 0 amide bonds. The molecule has 0 aromatic carbocycles. The Bertz CT molecular complexity index is 264. The molecule has 0 unspecified atom stereocenters. The average Bonchev–Trinajstić information content (AvgIpc) is 2.19. The number of carboxylic acid groups (broad SMARTS) is 1. The van der Waals surface area contributed by atoms with Gasteiger partial charge in [0.2, 0.25) is 0 Å². The van der Waals surface area contributed by atoms with E-state index in [1.807, 2.05) is 6.08 Å². The minimum Gasteiger partial charge on any atom is -0.478 e. The van der Waals surface area contributed by atoms with Crippen LogP contribution in [0.25, 0.3) is 0 Å². The van der Waals surface area contributed by atoms with Gasteiger partial charge in [-0.1, -0.05) is 19.4 Å². The van der Waals surface area contributed by atoms with Crippen LogP contribution in [0.2, 0.25) is 0 Å². The Morgan fingerprint density at radius 3 is 2.56 bits per heavy atom. The van der Waals surface area contributed by atoms with Crippen molar-refractivity contribution in [2.45, 2.75) is 46.0 Å². The molecule has 0 radical (unpaired) electrons. The topological polar surface area (TPSA) is 46.5 Å². The summed E-state index contributed by atoms with van der Waals surface area (Å²) in [5.41, 5.74) is 0.856. The summed E-state index contributed by atoms with van der Waals surface area (Å²) in [6.07, 6.45) is 7.34. The first-order chi connectivity index (χ1) is 7.59. The number of aliphatic carboxylic acids is 1. The molecule has 1 heterocycles. The Labute approximate surface area is 97.5 Å². The lowest BCUT2D eigenvalue weighted by molar-refractivity contribution is -0.132. The molecular weight excluding hydrogens is 204 g/mol. The molecule has 0 aliphatic carbocycles. The molecule has 1 N–H and O–H groups in total. The summed E-state index contributed by atoms with van der Waals surface area (Å²) in [4.78, 5) is 10.6. The van der Waals surface area contributed by atoms with E-state index < -0.39 is 5.97 Å². The summed E-state index contributed by atoms with van der Waals surface area (Å²) < 4.78 is 5.30. The molecule has 92 valence electrons. The first-order valence-electron chi connectivity index (χ1n) is 6.07. The van der Waals surface area contributed by atoms with Gasteiger partial charge in [0.15, 0.2) is 0 Å². The Morgan fingerprint density at radius 1 is 1.44 bits per heavy atom. The second-order valence-corrected chi connectivity index (χ2v) is 4.83. The van der Waals surface area contributed by atoms with Crippen molar-refractivity contribution in [1.82, 2.24) is 0 Å². The van der Waals surface area contributed by atoms with E-state index in [9.17, 15) is 4.79 Å². The smallest absolute Gasteiger partial charge is 0.330 e. The Morgan fingerprint density at radius 2 is 2.12 bits per heavy atom. The molecular formula is C13H22O3. The van der Waals surface area contributed by atoms with Gasteiger partial charge in [0.25, 0.3) is 0 Å². The number of allylic oxidation sites excluding steroid dienone is 1. The minimum atomic E-state index is -0.810. The summed E-state index contributed by atoms with van der Waals surface area (Å²) in [5, 5.41) is 8.69. The number of hydrogen-bond acceptors (Lipinski definition) is 2. The van der Waals surface area contributed by atoms with Crippen molar-refractivity contribution in [3.8, 4) is 0 Å². The van der Waals surface area contributed by atoms with Crippen LogP contribution in [-0.2, 0) is 9.53 Å². The zero-order valence-electron chi connectivity index (χ0n) is 10.3. The molecule has 1 rings (SSSR count). The summed E-state index contributed by atoms with van der Waals surface area (Å²) in [6.45, 7) is 5.64. The lowest BCUT2D eigenvalue weighted by Crippen LogP contribution is -2.42. The molecule has 0 saturated carbocycles. The van der Waals surface area contributed by atoms with Gasteiger partial charge in [-0.3, -0.25) is 0 Å². The Balaban J connectivity index is 2.24. The molecule has 0 bridgehead atoms. The predicted octanol–water partition coefficient (Wildman–Crippen LogP) is 3.00. The fraction of sp³-hybridized carbons (Fsp3) is 0.769. The SMILES string of the molecule is CCCC1(CCCC=C(C)C(=O)O)COC1. The molecule has 1 saturated heterocycles. The van der Waals surface area contributed by atoms with Gasteiger partial charge >= 0.3 is 5.97 Å². The minimum absolute atomic E-state index is 0.402. The van der Waals surface area contributed by atoms with Crippen molar-refractivity contribution in [2.24, 2.45) is 5.41 Å². The van der Waals surface area contributed by atoms with Crippen LogP contribution < -0.4 is 0 Å². The Kier molecular flexibility index (Phi) is 5.00. The van der Waals surface area contributed by atoms with Crippen molar-refractivity contribution in [1.29, 1.82) is 0 Å². The third kappa shape index (κ3) is 3.63. The van der Waals surface area contributed by atoms with Crippen molar-refractivity contribution in [2.75, 3.05) is 13.2 Å². The highest BCUT2D eigenvalue weighted by atomic mass is 16.5. The lowest BCUT2D eigenvalue weighted by Gasteiger charge is -2.41. The van der Waals surface area contributed by atoms with E-state index in [-0.39, 0.29) is 0 Å². The van der Waals surface area contributed by atoms with Gasteiger partial charge in [-0.2, -0.15) is 0 Å². The predicted molar refractivity (Wildman–Crippen MR) is 63.4 cm³/mol. The molecule has 0 spiro atoms. The fourth-order valence-electron chi connectivity index (χ4n) is 2.22. The van der Waals surface area contributed by atoms with Gasteiger partial charge in [0.05, 0.1) is 13.2 Å². The van der Waals surface area contributed by atoms with Crippen LogP contribution >= 0.6 is 0 Å². The van der Waals surface area contributed by atoms with E-state index >= 15 is 0 Å². The highest BCUT2D eigenvalue weighted by Crippen LogP contribution is 2.37. The van der Waals surface area contributed by atoms with Gasteiger partial charge in [-0.05, 0) is 32.6 Å². The van der Waals surface area contributed by atoms with Crippen LogP contribution in [0.4, 0.5) is 0 Å². The third-order valence-electron chi connectivity index (χ3n) is 3.30. The molecule has 16 heavy (non-hydrogen) atoms. The summed E-state index contributed by atoms with van der Waals surface area (Å²) in [7, 11) is 0. The molecule has 1 aliphatic heterocycles. The second-order valence-electron chi connectivity index (χ2n) is 4.83. The van der Waals surface area contributed by atoms with Crippen molar-refractivity contribution >= 4 is 5.97 Å². The molecule has 1 aliphatic rings. The number of ether oxygens (including phenoxy) is 1. The summed E-state index contributed by atoms with van der Waals surface area (Å²) in [5.74, 6) is -0.810. The first kappa shape index (κ1) is 13.2. The highest BCUT2D eigenvalue weighted by molar-refractivity contribution is 5.85. The third-order valence-corrected chi connectivity index (χ3v) is 3.30. The fourth-order valence-corrected chi connectivity index (χ4v) is 2.22. The van der Waals surface area contributed by atoms with Gasteiger partial charge in [-0.25, -0.2) is 4.79 Å². The van der Waals surface area contributed by atoms with Crippen LogP contribution in [-0.4, -0.2) is 24.3 Å². The second kappa shape index (κ2) is 6.04. The quantitative estimate of drug-likeness (QED) is 0.536. The lowest BCUT2D eigenvalue weighted by atomic mass is 9.77. The molecule has 3 heteroatoms. The van der Waals surface area contributed by atoms with Crippen molar-refractivity contribution < 1.29 is 14.6 Å². The number of hydrogen-bond donors (Lipinski definition) is 1. The van der Waals surface area contributed by atoms with E-state index in [4.69, 9.17) is 9.84 Å². The number of unbranched alkanes of at least 4 members (excludes halogenated alkanes) is 1. The van der Waals surface area contributed by atoms with E-state index in [0.717, 1.165) is 32.5 Å². The largest absolute Gasteiger partial charge is 0.478 e. The molecule has 3 nitrogen and oxygen atoms in total. The van der Waals surface area contributed by atoms with Crippen molar-refractivity contribution in [3.05, 3.63) is 11.6 Å². The zero-order chi connectivity index (χ0) is 12.0. The van der Waals surface area contributed by atoms with Crippen LogP contribution in [0.5, 0.6) is 0 Å². The number of carbonyl (C=O) groups is 1. The van der Waals surface area contributed by atoms with Gasteiger partial charge < -0.3 is 9.84 Å². The molecule has 1 fully saturated rings. The highest BCUT2D eigenvalue weighted by Gasteiger charge is 2.36. The van der Waals surface area contributed by atoms with Crippen LogP contribution in [0.1, 0.15) is 46.0 Å². The van der Waals surface area contributed by atoms with Gasteiger partial charge in [0.1, 0.15) is 0 Å². The van der Waals surface area contributed by atoms with Gasteiger partial charge in [-0.15, -0.1) is 0 Å². The monoisotopic (exact) mass is 226 g/mol. The number of carboxylic acids is 1. The van der Waals surface area contributed by atoms with Crippen LogP contribution in [0.3, 0.4) is 0 Å². The average molecular weight is 226 g/mol. The summed E-state index contributed by atoms with van der Waals surface area (Å²) >= 11 is 0. The van der Waals surface area contributed by atoms with E-state index in [0.29, 0.717) is 11.0 Å². The maximum Gasteiger partial charge on any atom is 0.330 e. The molecule has 0 aromatic rings. The number of rotatable bonds is 7.